The summed E-state index contributed by atoms with van der Waals surface area (Å²) in [6.45, 7) is 3.94. The monoisotopic (exact) mass is 338 g/mol. The lowest BCUT2D eigenvalue weighted by Gasteiger charge is -2.36. The Hall–Kier alpha value is -1.99. The van der Waals surface area contributed by atoms with Gasteiger partial charge in [0.1, 0.15) is 18.4 Å². The van der Waals surface area contributed by atoms with Crippen LogP contribution in [0.1, 0.15) is 24.9 Å². The van der Waals surface area contributed by atoms with E-state index in [1.807, 2.05) is 11.8 Å². The third kappa shape index (κ3) is 4.75. The van der Waals surface area contributed by atoms with Crippen molar-refractivity contribution < 1.29 is 23.8 Å². The number of benzene rings is 1. The summed E-state index contributed by atoms with van der Waals surface area (Å²) in [6, 6.07) is 5.23. The van der Waals surface area contributed by atoms with Crippen molar-refractivity contribution >= 4 is 11.9 Å². The number of aliphatic carboxylic acids is 1. The Morgan fingerprint density at radius 1 is 1.38 bits per heavy atom. The average molecular weight is 338 g/mol. The third-order valence-corrected chi connectivity index (χ3v) is 3.94. The number of halogens is 1. The molecule has 0 aromatic heterocycles. The Morgan fingerprint density at radius 3 is 2.67 bits per heavy atom. The first-order valence-corrected chi connectivity index (χ1v) is 8.10. The van der Waals surface area contributed by atoms with Gasteiger partial charge in [-0.15, -0.1) is 0 Å². The molecular formula is C17H23FN2O4. The normalized spacial score (nSPS) is 16.6. The number of rotatable bonds is 7. The van der Waals surface area contributed by atoms with Crippen molar-refractivity contribution in [3.8, 4) is 0 Å². The topological polar surface area (TPSA) is 70.1 Å². The fourth-order valence-corrected chi connectivity index (χ4v) is 2.90. The molecule has 2 rings (SSSR count). The molecule has 0 bridgehead atoms. The van der Waals surface area contributed by atoms with Gasteiger partial charge in [-0.1, -0.05) is 19.1 Å². The van der Waals surface area contributed by atoms with Crippen LogP contribution in [0.5, 0.6) is 0 Å². The zero-order valence-corrected chi connectivity index (χ0v) is 13.8. The number of amides is 1. The van der Waals surface area contributed by atoms with Crippen LogP contribution in [-0.2, 0) is 14.3 Å². The highest BCUT2D eigenvalue weighted by molar-refractivity contribution is 5.86. The maximum Gasteiger partial charge on any atom is 0.323 e. The number of hydrogen-bond acceptors (Lipinski definition) is 4. The Kier molecular flexibility index (Phi) is 6.69. The molecule has 1 aromatic rings. The molecule has 0 spiro atoms. The summed E-state index contributed by atoms with van der Waals surface area (Å²) in [6.07, 6.45) is 0.651. The van der Waals surface area contributed by atoms with Crippen LogP contribution in [0.3, 0.4) is 0 Å². The lowest BCUT2D eigenvalue weighted by atomic mass is 10.0. The van der Waals surface area contributed by atoms with Crippen LogP contribution in [0, 0.1) is 5.82 Å². The molecule has 1 atom stereocenters. The second-order valence-corrected chi connectivity index (χ2v) is 5.76. The summed E-state index contributed by atoms with van der Waals surface area (Å²) in [5.74, 6) is -1.79. The van der Waals surface area contributed by atoms with Crippen molar-refractivity contribution in [3.05, 3.63) is 35.6 Å². The van der Waals surface area contributed by atoms with E-state index in [1.165, 1.54) is 17.0 Å². The van der Waals surface area contributed by atoms with Crippen LogP contribution < -0.4 is 0 Å². The Labute approximate surface area is 140 Å². The van der Waals surface area contributed by atoms with Gasteiger partial charge in [-0.25, -0.2) is 4.39 Å². The quantitative estimate of drug-likeness (QED) is 0.816. The molecule has 1 aliphatic heterocycles. The third-order valence-electron chi connectivity index (χ3n) is 3.94. The molecule has 1 aliphatic rings. The van der Waals surface area contributed by atoms with Crippen molar-refractivity contribution in [2.45, 2.75) is 19.4 Å². The van der Waals surface area contributed by atoms with E-state index in [-0.39, 0.29) is 12.5 Å². The Balaban J connectivity index is 2.32. The van der Waals surface area contributed by atoms with Crippen molar-refractivity contribution in [2.24, 2.45) is 0 Å². The highest BCUT2D eigenvalue weighted by Crippen LogP contribution is 2.25. The second-order valence-electron chi connectivity index (χ2n) is 5.76. The van der Waals surface area contributed by atoms with E-state index >= 15 is 0 Å². The first-order chi connectivity index (χ1) is 11.5. The number of carbonyl (C=O) groups excluding carboxylic acids is 1. The minimum Gasteiger partial charge on any atom is -0.480 e. The largest absolute Gasteiger partial charge is 0.480 e. The van der Waals surface area contributed by atoms with Gasteiger partial charge in [0, 0.05) is 19.6 Å². The predicted octanol–water partition coefficient (Wildman–Crippen LogP) is 1.52. The number of morpholine rings is 1. The number of nitrogens with zero attached hydrogens (tertiary/aromatic N) is 2. The number of hydrogen-bond donors (Lipinski definition) is 1. The molecule has 1 N–H and O–H groups in total. The van der Waals surface area contributed by atoms with Gasteiger partial charge >= 0.3 is 5.97 Å². The molecule has 1 amide bonds. The fraction of sp³-hybridized carbons (Fsp3) is 0.529. The average Bonchev–Trinajstić information content (AvgIpc) is 2.55. The molecule has 6 nitrogen and oxygen atoms in total. The molecule has 0 saturated carbocycles. The summed E-state index contributed by atoms with van der Waals surface area (Å²) in [4.78, 5) is 27.4. The first-order valence-electron chi connectivity index (χ1n) is 8.10. The zero-order chi connectivity index (χ0) is 17.5. The number of carbonyl (C=O) groups is 2. The van der Waals surface area contributed by atoms with E-state index in [0.717, 1.165) is 0 Å². The van der Waals surface area contributed by atoms with E-state index in [4.69, 9.17) is 9.84 Å². The highest BCUT2D eigenvalue weighted by Gasteiger charge is 2.33. The van der Waals surface area contributed by atoms with Crippen molar-refractivity contribution in [1.29, 1.82) is 0 Å². The lowest BCUT2D eigenvalue weighted by Crippen LogP contribution is -2.48. The predicted molar refractivity (Wildman–Crippen MR) is 86.0 cm³/mol. The molecular weight excluding hydrogens is 315 g/mol. The number of ether oxygens (including phenoxy) is 1. The summed E-state index contributed by atoms with van der Waals surface area (Å²) >= 11 is 0. The maximum absolute atomic E-state index is 13.7. The van der Waals surface area contributed by atoms with E-state index in [2.05, 4.69) is 0 Å². The summed E-state index contributed by atoms with van der Waals surface area (Å²) in [7, 11) is 0. The summed E-state index contributed by atoms with van der Waals surface area (Å²) in [5.41, 5.74) is 0.536. The van der Waals surface area contributed by atoms with Crippen LogP contribution in [0.2, 0.25) is 0 Å². The van der Waals surface area contributed by atoms with Crippen molar-refractivity contribution in [1.82, 2.24) is 9.80 Å². The minimum absolute atomic E-state index is 0.313. The lowest BCUT2D eigenvalue weighted by molar-refractivity contribution is -0.148. The van der Waals surface area contributed by atoms with E-state index in [9.17, 15) is 14.0 Å². The van der Waals surface area contributed by atoms with Gasteiger partial charge in [-0.3, -0.25) is 14.5 Å². The molecule has 1 unspecified atom stereocenters. The van der Waals surface area contributed by atoms with Gasteiger partial charge in [-0.05, 0) is 24.1 Å². The molecule has 1 aromatic carbocycles. The molecule has 0 aliphatic carbocycles. The Morgan fingerprint density at radius 2 is 2.08 bits per heavy atom. The van der Waals surface area contributed by atoms with Gasteiger partial charge in [0.15, 0.2) is 0 Å². The van der Waals surface area contributed by atoms with Gasteiger partial charge in [0.05, 0.1) is 13.2 Å². The maximum atomic E-state index is 13.7. The fourth-order valence-electron chi connectivity index (χ4n) is 2.90. The van der Waals surface area contributed by atoms with Gasteiger partial charge in [0.25, 0.3) is 0 Å². The van der Waals surface area contributed by atoms with Crippen LogP contribution in [0.4, 0.5) is 4.39 Å². The van der Waals surface area contributed by atoms with Crippen molar-refractivity contribution in [3.63, 3.8) is 0 Å². The van der Waals surface area contributed by atoms with E-state index in [1.54, 1.807) is 12.1 Å². The van der Waals surface area contributed by atoms with Crippen LogP contribution in [0.15, 0.2) is 24.3 Å². The molecule has 132 valence electrons. The first kappa shape index (κ1) is 18.4. The van der Waals surface area contributed by atoms with E-state index in [0.29, 0.717) is 44.8 Å². The number of carboxylic acid groups (broad SMARTS) is 1. The molecule has 1 heterocycles. The van der Waals surface area contributed by atoms with Gasteiger partial charge in [-0.2, -0.15) is 0 Å². The van der Waals surface area contributed by atoms with Crippen molar-refractivity contribution in [2.75, 3.05) is 39.4 Å². The number of carboxylic acids is 1. The second kappa shape index (κ2) is 8.75. The molecule has 24 heavy (non-hydrogen) atoms. The molecule has 1 fully saturated rings. The van der Waals surface area contributed by atoms with Crippen LogP contribution >= 0.6 is 0 Å². The SMILES string of the molecule is CCCN(CC(=O)O)C(=O)C(c1cccc(F)c1)N1CCOCC1. The molecule has 7 heteroatoms. The van der Waals surface area contributed by atoms with Gasteiger partial charge < -0.3 is 14.7 Å². The van der Waals surface area contributed by atoms with Crippen LogP contribution in [-0.4, -0.2) is 66.2 Å². The molecule has 0 radical (unpaired) electrons. The van der Waals surface area contributed by atoms with Crippen LogP contribution in [0.25, 0.3) is 0 Å². The van der Waals surface area contributed by atoms with Gasteiger partial charge in [0.2, 0.25) is 5.91 Å². The van der Waals surface area contributed by atoms with E-state index < -0.39 is 17.8 Å². The smallest absolute Gasteiger partial charge is 0.323 e. The highest BCUT2D eigenvalue weighted by atomic mass is 19.1. The minimum atomic E-state index is -1.06. The summed E-state index contributed by atoms with van der Waals surface area (Å²) < 4.78 is 19.0. The molecule has 1 saturated heterocycles. The standard InChI is InChI=1S/C17H23FN2O4/c1-2-6-20(12-15(21)22)17(23)16(19-7-9-24-10-8-19)13-4-3-5-14(18)11-13/h3-5,11,16H,2,6-10,12H2,1H3,(H,21,22). The summed E-state index contributed by atoms with van der Waals surface area (Å²) in [5, 5.41) is 9.08. The Bertz CT molecular complexity index is 575. The zero-order valence-electron chi connectivity index (χ0n) is 13.8.